The van der Waals surface area contributed by atoms with E-state index in [0.717, 1.165) is 48.9 Å². The number of thioether (sulfide) groups is 2. The average molecular weight is 626 g/mol. The lowest BCUT2D eigenvalue weighted by molar-refractivity contribution is 0.190. The van der Waals surface area contributed by atoms with Gasteiger partial charge in [-0.1, -0.05) is 25.3 Å². The molecule has 2 aromatic carbocycles. The van der Waals surface area contributed by atoms with E-state index >= 15 is 0 Å². The molecule has 0 spiro atoms. The van der Waals surface area contributed by atoms with Crippen LogP contribution in [0.1, 0.15) is 62.5 Å². The SMILES string of the molecule is COc1ccc(C2(CN(C)CCCC3(c4cc(OC)c(OC)c(OC)c4)SCCCS3)CCCCC2)cc1OC.Cl. The quantitative estimate of drug-likeness (QED) is 0.224. The highest BCUT2D eigenvalue weighted by Crippen LogP contribution is 2.56. The summed E-state index contributed by atoms with van der Waals surface area (Å²) in [4.78, 5) is 2.56. The van der Waals surface area contributed by atoms with E-state index in [4.69, 9.17) is 23.7 Å². The minimum absolute atomic E-state index is 0. The van der Waals surface area contributed by atoms with Crippen LogP contribution in [-0.4, -0.2) is 72.1 Å². The molecule has 1 aliphatic heterocycles. The van der Waals surface area contributed by atoms with Gasteiger partial charge < -0.3 is 28.6 Å². The molecular weight excluding hydrogens is 578 g/mol. The van der Waals surface area contributed by atoms with Gasteiger partial charge in [-0.05, 0) is 92.6 Å². The van der Waals surface area contributed by atoms with E-state index in [2.05, 4.69) is 65.8 Å². The molecule has 41 heavy (non-hydrogen) atoms. The topological polar surface area (TPSA) is 49.4 Å². The number of benzene rings is 2. The Hall–Kier alpha value is -1.61. The number of methoxy groups -OCH3 is 5. The van der Waals surface area contributed by atoms with E-state index < -0.39 is 0 Å². The van der Waals surface area contributed by atoms with Gasteiger partial charge in [0, 0.05) is 12.0 Å². The van der Waals surface area contributed by atoms with Gasteiger partial charge in [-0.15, -0.1) is 35.9 Å². The summed E-state index contributed by atoms with van der Waals surface area (Å²) >= 11 is 4.15. The number of likely N-dealkylation sites (N-methyl/N-ethyl adjacent to an activating group) is 1. The molecule has 0 unspecified atom stereocenters. The Kier molecular flexibility index (Phi) is 13.0. The maximum atomic E-state index is 5.72. The molecule has 1 heterocycles. The predicted octanol–water partition coefficient (Wildman–Crippen LogP) is 7.79. The molecule has 2 aromatic rings. The summed E-state index contributed by atoms with van der Waals surface area (Å²) in [5, 5.41) is 0. The van der Waals surface area contributed by atoms with E-state index in [9.17, 15) is 0 Å². The molecule has 0 bridgehead atoms. The first kappa shape index (κ1) is 33.9. The average Bonchev–Trinajstić information content (AvgIpc) is 3.00. The molecule has 1 aliphatic carbocycles. The van der Waals surface area contributed by atoms with Crippen LogP contribution in [0, 0.1) is 0 Å². The molecule has 0 N–H and O–H groups in total. The van der Waals surface area contributed by atoms with E-state index in [1.165, 1.54) is 61.2 Å². The van der Waals surface area contributed by atoms with Gasteiger partial charge in [-0.3, -0.25) is 0 Å². The molecular formula is C32H48ClNO5S2. The highest BCUT2D eigenvalue weighted by Gasteiger charge is 2.38. The van der Waals surface area contributed by atoms with Crippen LogP contribution < -0.4 is 23.7 Å². The second kappa shape index (κ2) is 15.7. The third-order valence-corrected chi connectivity index (χ3v) is 12.0. The van der Waals surface area contributed by atoms with Crippen LogP contribution in [-0.2, 0) is 9.49 Å². The van der Waals surface area contributed by atoms with E-state index in [1.54, 1.807) is 35.5 Å². The van der Waals surface area contributed by atoms with Crippen molar-refractivity contribution in [1.82, 2.24) is 4.90 Å². The number of hydrogen-bond acceptors (Lipinski definition) is 8. The zero-order valence-corrected chi connectivity index (χ0v) is 28.0. The summed E-state index contributed by atoms with van der Waals surface area (Å²) in [6, 6.07) is 10.9. The number of nitrogens with zero attached hydrogens (tertiary/aromatic N) is 1. The van der Waals surface area contributed by atoms with Crippen LogP contribution in [0.25, 0.3) is 0 Å². The Morgan fingerprint density at radius 3 is 1.85 bits per heavy atom. The third-order valence-electron chi connectivity index (χ3n) is 8.49. The van der Waals surface area contributed by atoms with E-state index in [0.29, 0.717) is 5.75 Å². The van der Waals surface area contributed by atoms with E-state index in [1.807, 2.05) is 0 Å². The molecule has 1 saturated heterocycles. The van der Waals surface area contributed by atoms with Crippen LogP contribution >= 0.6 is 35.9 Å². The summed E-state index contributed by atoms with van der Waals surface area (Å²) in [6.07, 6.45) is 9.77. The van der Waals surface area contributed by atoms with Crippen molar-refractivity contribution in [2.24, 2.45) is 0 Å². The molecule has 4 rings (SSSR count). The van der Waals surface area contributed by atoms with Crippen molar-refractivity contribution < 1.29 is 23.7 Å². The highest BCUT2D eigenvalue weighted by atomic mass is 35.5. The molecule has 6 nitrogen and oxygen atoms in total. The van der Waals surface area contributed by atoms with Crippen molar-refractivity contribution in [2.75, 3.05) is 67.2 Å². The van der Waals surface area contributed by atoms with Crippen LogP contribution in [0.15, 0.2) is 30.3 Å². The predicted molar refractivity (Wildman–Crippen MR) is 176 cm³/mol. The maximum absolute atomic E-state index is 5.72. The number of rotatable bonds is 13. The van der Waals surface area contributed by atoms with Gasteiger partial charge in [0.1, 0.15) is 0 Å². The summed E-state index contributed by atoms with van der Waals surface area (Å²) in [5.74, 6) is 6.08. The molecule has 0 atom stereocenters. The Morgan fingerprint density at radius 2 is 1.29 bits per heavy atom. The Balaban J connectivity index is 0.00000462. The van der Waals surface area contributed by atoms with Crippen LogP contribution in [0.2, 0.25) is 0 Å². The molecule has 0 amide bonds. The number of ether oxygens (including phenoxy) is 5. The lowest BCUT2D eigenvalue weighted by Gasteiger charge is -2.41. The molecule has 2 aliphatic rings. The first-order chi connectivity index (χ1) is 19.4. The normalized spacial score (nSPS) is 17.8. The van der Waals surface area contributed by atoms with Crippen LogP contribution in [0.4, 0.5) is 0 Å². The Labute approximate surface area is 262 Å². The Morgan fingerprint density at radius 1 is 0.707 bits per heavy atom. The van der Waals surface area contributed by atoms with Crippen molar-refractivity contribution in [1.29, 1.82) is 0 Å². The molecule has 2 fully saturated rings. The van der Waals surface area contributed by atoms with Crippen molar-refractivity contribution in [3.63, 3.8) is 0 Å². The summed E-state index contributed by atoms with van der Waals surface area (Å²) in [7, 11) is 10.8. The second-order valence-corrected chi connectivity index (χ2v) is 14.0. The fourth-order valence-corrected chi connectivity index (χ4v) is 9.84. The van der Waals surface area contributed by atoms with Gasteiger partial charge in [0.25, 0.3) is 0 Å². The summed E-state index contributed by atoms with van der Waals surface area (Å²) < 4.78 is 28.2. The van der Waals surface area contributed by atoms with Gasteiger partial charge in [-0.25, -0.2) is 0 Å². The minimum Gasteiger partial charge on any atom is -0.493 e. The molecule has 9 heteroatoms. The fraction of sp³-hybridized carbons (Fsp3) is 0.625. The Bertz CT molecular complexity index is 1080. The van der Waals surface area contributed by atoms with E-state index in [-0.39, 0.29) is 21.9 Å². The largest absolute Gasteiger partial charge is 0.493 e. The van der Waals surface area contributed by atoms with Crippen LogP contribution in [0.3, 0.4) is 0 Å². The first-order valence-corrected chi connectivity index (χ1v) is 16.4. The molecule has 0 aromatic heterocycles. The second-order valence-electron chi connectivity index (χ2n) is 11.0. The number of halogens is 1. The van der Waals surface area contributed by atoms with Gasteiger partial charge in [0.15, 0.2) is 23.0 Å². The summed E-state index contributed by atoms with van der Waals surface area (Å²) in [6.45, 7) is 2.11. The summed E-state index contributed by atoms with van der Waals surface area (Å²) in [5.41, 5.74) is 2.78. The van der Waals surface area contributed by atoms with Crippen LogP contribution in [0.5, 0.6) is 28.7 Å². The van der Waals surface area contributed by atoms with Crippen molar-refractivity contribution in [2.45, 2.75) is 60.9 Å². The van der Waals surface area contributed by atoms with Gasteiger partial charge in [-0.2, -0.15) is 0 Å². The maximum Gasteiger partial charge on any atom is 0.203 e. The lowest BCUT2D eigenvalue weighted by atomic mass is 9.69. The van der Waals surface area contributed by atoms with Gasteiger partial charge >= 0.3 is 0 Å². The van der Waals surface area contributed by atoms with Crippen molar-refractivity contribution >= 4 is 35.9 Å². The number of hydrogen-bond donors (Lipinski definition) is 0. The lowest BCUT2D eigenvalue weighted by Crippen LogP contribution is -2.41. The first-order valence-electron chi connectivity index (χ1n) is 14.4. The smallest absolute Gasteiger partial charge is 0.203 e. The zero-order chi connectivity index (χ0) is 28.6. The highest BCUT2D eigenvalue weighted by molar-refractivity contribution is 8.18. The van der Waals surface area contributed by atoms with Gasteiger partial charge in [0.2, 0.25) is 5.75 Å². The van der Waals surface area contributed by atoms with Crippen molar-refractivity contribution in [3.8, 4) is 28.7 Å². The molecule has 0 radical (unpaired) electrons. The van der Waals surface area contributed by atoms with Gasteiger partial charge in [0.05, 0.1) is 39.6 Å². The minimum atomic E-state index is -0.0161. The third kappa shape index (κ3) is 7.67. The van der Waals surface area contributed by atoms with Crippen molar-refractivity contribution in [3.05, 3.63) is 41.5 Å². The molecule has 1 saturated carbocycles. The standard InChI is InChI=1S/C32H47NO5S2.ClH/c1-33(23-31(14-8-7-9-15-31)24-12-13-26(34-2)27(20-24)35-3)17-10-16-32(39-18-11-19-40-32)25-21-28(36-4)30(38-6)29(22-25)37-5;/h12-13,20-22H,7-11,14-19,23H2,1-6H3;1H. The molecule has 230 valence electrons. The fourth-order valence-electron chi connectivity index (χ4n) is 6.44. The zero-order valence-electron chi connectivity index (χ0n) is 25.6. The monoisotopic (exact) mass is 625 g/mol.